The van der Waals surface area contributed by atoms with Crippen molar-refractivity contribution in [1.29, 1.82) is 0 Å². The van der Waals surface area contributed by atoms with Gasteiger partial charge in [-0.05, 0) is 26.3 Å². The predicted molar refractivity (Wildman–Crippen MR) is 77.9 cm³/mol. The average molecular weight is 274 g/mol. The highest BCUT2D eigenvalue weighted by Crippen LogP contribution is 2.34. The largest absolute Gasteiger partial charge is 0.493 e. The van der Waals surface area contributed by atoms with Crippen molar-refractivity contribution < 1.29 is 9.53 Å². The normalized spacial score (nSPS) is 29.5. The number of hydrogen-bond acceptors (Lipinski definition) is 3. The first-order valence-electron chi connectivity index (χ1n) is 7.41. The number of nitrogens with zero attached hydrogens (tertiary/aromatic N) is 1. The zero-order chi connectivity index (χ0) is 14.1. The number of fused-ring (bicyclic) bond motifs is 1. The Balaban J connectivity index is 1.81. The number of piperazine rings is 1. The van der Waals surface area contributed by atoms with Crippen LogP contribution >= 0.6 is 0 Å². The van der Waals surface area contributed by atoms with Crippen molar-refractivity contribution in [3.05, 3.63) is 29.8 Å². The number of rotatable bonds is 1. The molecule has 1 fully saturated rings. The molecule has 1 aromatic carbocycles. The number of ether oxygens (including phenoxy) is 1. The molecule has 108 valence electrons. The lowest BCUT2D eigenvalue weighted by Crippen LogP contribution is -2.56. The van der Waals surface area contributed by atoms with E-state index in [9.17, 15) is 4.79 Å². The van der Waals surface area contributed by atoms with Gasteiger partial charge in [-0.15, -0.1) is 0 Å². The van der Waals surface area contributed by atoms with Gasteiger partial charge >= 0.3 is 0 Å². The Labute approximate surface area is 120 Å². The first-order valence-corrected chi connectivity index (χ1v) is 7.41. The second kappa shape index (κ2) is 5.44. The molecule has 20 heavy (non-hydrogen) atoms. The average Bonchev–Trinajstić information content (AvgIpc) is 2.45. The lowest BCUT2D eigenvalue weighted by molar-refractivity contribution is -0.135. The maximum Gasteiger partial charge on any atom is 0.230 e. The molecule has 1 N–H and O–H groups in total. The smallest absolute Gasteiger partial charge is 0.230 e. The molecule has 3 unspecified atom stereocenters. The van der Waals surface area contributed by atoms with Crippen LogP contribution in [0.2, 0.25) is 0 Å². The lowest BCUT2D eigenvalue weighted by atomic mass is 9.91. The van der Waals surface area contributed by atoms with Gasteiger partial charge in [-0.3, -0.25) is 4.79 Å². The molecular weight excluding hydrogens is 252 g/mol. The van der Waals surface area contributed by atoms with E-state index in [2.05, 4.69) is 19.2 Å². The zero-order valence-corrected chi connectivity index (χ0v) is 12.1. The van der Waals surface area contributed by atoms with Gasteiger partial charge in [0, 0.05) is 30.7 Å². The molecular formula is C16H22N2O2. The molecule has 0 radical (unpaired) electrons. The van der Waals surface area contributed by atoms with E-state index in [1.54, 1.807) is 0 Å². The highest BCUT2D eigenvalue weighted by Gasteiger charge is 2.33. The van der Waals surface area contributed by atoms with Crippen LogP contribution in [0, 0.1) is 0 Å². The highest BCUT2D eigenvalue weighted by atomic mass is 16.5. The summed E-state index contributed by atoms with van der Waals surface area (Å²) in [6.07, 6.45) is 0.780. The van der Waals surface area contributed by atoms with Crippen LogP contribution in [-0.2, 0) is 4.79 Å². The van der Waals surface area contributed by atoms with Gasteiger partial charge in [0.1, 0.15) is 5.75 Å². The van der Waals surface area contributed by atoms with Gasteiger partial charge in [0.05, 0.1) is 12.5 Å². The van der Waals surface area contributed by atoms with Gasteiger partial charge < -0.3 is 15.0 Å². The Morgan fingerprint density at radius 3 is 2.70 bits per heavy atom. The van der Waals surface area contributed by atoms with Crippen LogP contribution in [0.1, 0.15) is 31.7 Å². The van der Waals surface area contributed by atoms with Gasteiger partial charge in [-0.2, -0.15) is 0 Å². The van der Waals surface area contributed by atoms with Crippen molar-refractivity contribution in [1.82, 2.24) is 10.2 Å². The van der Waals surface area contributed by atoms with E-state index >= 15 is 0 Å². The number of carbonyl (C=O) groups is 1. The third-order valence-corrected chi connectivity index (χ3v) is 4.13. The molecule has 4 heteroatoms. The summed E-state index contributed by atoms with van der Waals surface area (Å²) in [4.78, 5) is 14.9. The predicted octanol–water partition coefficient (Wildman–Crippen LogP) is 1.76. The second-order valence-electron chi connectivity index (χ2n) is 5.94. The summed E-state index contributed by atoms with van der Waals surface area (Å²) >= 11 is 0. The van der Waals surface area contributed by atoms with Crippen LogP contribution in [0.25, 0.3) is 0 Å². The molecule has 1 aromatic rings. The number of hydrogen-bond donors (Lipinski definition) is 1. The molecule has 1 amide bonds. The minimum atomic E-state index is -0.0440. The molecule has 0 saturated carbocycles. The quantitative estimate of drug-likeness (QED) is 0.848. The molecule has 3 rings (SSSR count). The lowest BCUT2D eigenvalue weighted by Gasteiger charge is -2.38. The Bertz CT molecular complexity index is 493. The summed E-state index contributed by atoms with van der Waals surface area (Å²) in [5.74, 6) is 1.08. The molecule has 1 saturated heterocycles. The second-order valence-corrected chi connectivity index (χ2v) is 5.94. The van der Waals surface area contributed by atoms with Crippen LogP contribution in [-0.4, -0.2) is 42.6 Å². The number of nitrogens with one attached hydrogen (secondary N) is 1. The zero-order valence-electron chi connectivity index (χ0n) is 12.1. The Morgan fingerprint density at radius 1 is 1.25 bits per heavy atom. The molecule has 2 heterocycles. The van der Waals surface area contributed by atoms with Crippen LogP contribution in [0.4, 0.5) is 0 Å². The maximum atomic E-state index is 12.8. The molecule has 2 aliphatic heterocycles. The molecule has 0 aromatic heterocycles. The van der Waals surface area contributed by atoms with Crippen molar-refractivity contribution in [2.75, 3.05) is 19.7 Å². The van der Waals surface area contributed by atoms with E-state index < -0.39 is 0 Å². The summed E-state index contributed by atoms with van der Waals surface area (Å²) in [5.41, 5.74) is 1.04. The van der Waals surface area contributed by atoms with Crippen LogP contribution in [0.15, 0.2) is 24.3 Å². The Kier molecular flexibility index (Phi) is 3.66. The van der Waals surface area contributed by atoms with Crippen LogP contribution in [0.5, 0.6) is 5.75 Å². The van der Waals surface area contributed by atoms with Crippen molar-refractivity contribution >= 4 is 5.91 Å². The fourth-order valence-electron chi connectivity index (χ4n) is 3.33. The van der Waals surface area contributed by atoms with Gasteiger partial charge in [0.2, 0.25) is 5.91 Å². The highest BCUT2D eigenvalue weighted by molar-refractivity contribution is 5.85. The number of benzene rings is 1. The first-order chi connectivity index (χ1) is 9.65. The summed E-state index contributed by atoms with van der Waals surface area (Å²) < 4.78 is 5.65. The fraction of sp³-hybridized carbons (Fsp3) is 0.562. The molecule has 0 spiro atoms. The monoisotopic (exact) mass is 274 g/mol. The fourth-order valence-corrected chi connectivity index (χ4v) is 3.33. The Hall–Kier alpha value is -1.55. The minimum absolute atomic E-state index is 0.0440. The number of amides is 1. The van der Waals surface area contributed by atoms with E-state index in [-0.39, 0.29) is 11.8 Å². The minimum Gasteiger partial charge on any atom is -0.493 e. The van der Waals surface area contributed by atoms with Crippen molar-refractivity contribution in [2.24, 2.45) is 0 Å². The molecule has 0 aliphatic carbocycles. The number of carbonyl (C=O) groups excluding carboxylic acids is 1. The maximum absolute atomic E-state index is 12.8. The van der Waals surface area contributed by atoms with E-state index in [1.165, 1.54) is 0 Å². The molecule has 4 nitrogen and oxygen atoms in total. The van der Waals surface area contributed by atoms with Crippen molar-refractivity contribution in [3.63, 3.8) is 0 Å². The van der Waals surface area contributed by atoms with Crippen LogP contribution < -0.4 is 10.1 Å². The van der Waals surface area contributed by atoms with Gasteiger partial charge in [-0.25, -0.2) is 0 Å². The van der Waals surface area contributed by atoms with E-state index in [0.29, 0.717) is 18.7 Å². The number of para-hydroxylation sites is 1. The first kappa shape index (κ1) is 13.4. The molecule has 2 aliphatic rings. The standard InChI is InChI=1S/C16H22N2O2/c1-11-9-18(10-12(2)17-11)16(19)14-7-8-20-15-6-4-3-5-13(14)15/h3-6,11-12,14,17H,7-10H2,1-2H3. The van der Waals surface area contributed by atoms with Crippen molar-refractivity contribution in [3.8, 4) is 5.75 Å². The van der Waals surface area contributed by atoms with Gasteiger partial charge in [0.25, 0.3) is 0 Å². The summed E-state index contributed by atoms with van der Waals surface area (Å²) in [7, 11) is 0. The summed E-state index contributed by atoms with van der Waals surface area (Å²) in [6, 6.07) is 8.64. The molecule has 3 atom stereocenters. The summed E-state index contributed by atoms with van der Waals surface area (Å²) in [6.45, 7) is 6.48. The van der Waals surface area contributed by atoms with Crippen molar-refractivity contribution in [2.45, 2.75) is 38.3 Å². The van der Waals surface area contributed by atoms with Gasteiger partial charge in [0.15, 0.2) is 0 Å². The topological polar surface area (TPSA) is 41.6 Å². The third kappa shape index (κ3) is 2.52. The third-order valence-electron chi connectivity index (χ3n) is 4.13. The van der Waals surface area contributed by atoms with E-state index in [4.69, 9.17) is 4.74 Å². The van der Waals surface area contributed by atoms with Crippen LogP contribution in [0.3, 0.4) is 0 Å². The van der Waals surface area contributed by atoms with E-state index in [0.717, 1.165) is 30.8 Å². The van der Waals surface area contributed by atoms with Gasteiger partial charge in [-0.1, -0.05) is 18.2 Å². The Morgan fingerprint density at radius 2 is 1.95 bits per heavy atom. The molecule has 0 bridgehead atoms. The summed E-state index contributed by atoms with van der Waals surface area (Å²) in [5, 5.41) is 3.47. The SMILES string of the molecule is CC1CN(C(=O)C2CCOc3ccccc32)CC(C)N1. The van der Waals surface area contributed by atoms with E-state index in [1.807, 2.05) is 29.2 Å².